The lowest BCUT2D eigenvalue weighted by Gasteiger charge is -2.37. The molecule has 2 aromatic carbocycles. The van der Waals surface area contributed by atoms with Crippen LogP contribution in [0.2, 0.25) is 0 Å². The third-order valence-electron chi connectivity index (χ3n) is 4.40. The van der Waals surface area contributed by atoms with Crippen LogP contribution in [0, 0.1) is 0 Å². The normalized spacial score (nSPS) is 16.7. The van der Waals surface area contributed by atoms with Crippen LogP contribution >= 0.6 is 12.4 Å². The summed E-state index contributed by atoms with van der Waals surface area (Å²) >= 11 is 0. The van der Waals surface area contributed by atoms with Gasteiger partial charge in [-0.15, -0.1) is 12.4 Å². The molecule has 0 radical (unpaired) electrons. The summed E-state index contributed by atoms with van der Waals surface area (Å²) in [6, 6.07) is 17.7. The second-order valence-corrected chi connectivity index (χ2v) is 6.03. The number of ether oxygens (including phenoxy) is 2. The first-order valence-electron chi connectivity index (χ1n) is 8.54. The quantitative estimate of drug-likeness (QED) is 0.842. The van der Waals surface area contributed by atoms with Crippen LogP contribution in [0.1, 0.15) is 17.2 Å². The summed E-state index contributed by atoms with van der Waals surface area (Å²) in [7, 11) is 1.66. The number of nitrogens with zero attached hydrogens (tertiary/aromatic N) is 1. The number of carbonyl (C=O) groups excluding carboxylic acids is 1. The number of benzene rings is 2. The van der Waals surface area contributed by atoms with Crippen molar-refractivity contribution in [2.75, 3.05) is 33.4 Å². The molecule has 140 valence electrons. The number of amides is 1. The number of halogens is 1. The van der Waals surface area contributed by atoms with Gasteiger partial charge in [0.15, 0.2) is 0 Å². The lowest BCUT2D eigenvalue weighted by atomic mass is 10.0. The van der Waals surface area contributed by atoms with Crippen molar-refractivity contribution in [2.24, 2.45) is 0 Å². The van der Waals surface area contributed by atoms with Crippen LogP contribution < -0.4 is 10.1 Å². The molecule has 1 aliphatic rings. The molecule has 0 spiro atoms. The fourth-order valence-electron chi connectivity index (χ4n) is 3.14. The van der Waals surface area contributed by atoms with Crippen molar-refractivity contribution in [1.82, 2.24) is 10.2 Å². The van der Waals surface area contributed by atoms with Gasteiger partial charge in [-0.25, -0.2) is 0 Å². The van der Waals surface area contributed by atoms with Gasteiger partial charge in [0.1, 0.15) is 12.4 Å². The van der Waals surface area contributed by atoms with Crippen molar-refractivity contribution >= 4 is 18.3 Å². The van der Waals surface area contributed by atoms with Gasteiger partial charge in [-0.1, -0.05) is 48.5 Å². The maximum atomic E-state index is 12.7. The highest BCUT2D eigenvalue weighted by Crippen LogP contribution is 2.30. The number of para-hydroxylation sites is 1. The molecule has 1 unspecified atom stereocenters. The molecule has 0 aromatic heterocycles. The Balaban J connectivity index is 0.00000243. The Bertz CT molecular complexity index is 696. The molecular weight excluding hydrogens is 352 g/mol. The largest absolute Gasteiger partial charge is 0.496 e. The van der Waals surface area contributed by atoms with Gasteiger partial charge in [-0.05, 0) is 11.6 Å². The van der Waals surface area contributed by atoms with E-state index in [1.165, 1.54) is 0 Å². The molecule has 3 rings (SSSR count). The van der Waals surface area contributed by atoms with Crippen molar-refractivity contribution in [3.63, 3.8) is 0 Å². The summed E-state index contributed by atoms with van der Waals surface area (Å²) in [5.74, 6) is 0.813. The fraction of sp³-hybridized carbons (Fsp3) is 0.350. The van der Waals surface area contributed by atoms with Gasteiger partial charge in [0, 0.05) is 25.2 Å². The van der Waals surface area contributed by atoms with Gasteiger partial charge in [-0.3, -0.25) is 4.79 Å². The van der Waals surface area contributed by atoms with Crippen LogP contribution in [0.15, 0.2) is 54.6 Å². The van der Waals surface area contributed by atoms with E-state index < -0.39 is 0 Å². The van der Waals surface area contributed by atoms with E-state index in [4.69, 9.17) is 9.47 Å². The number of hydrogen-bond donors (Lipinski definition) is 1. The summed E-state index contributed by atoms with van der Waals surface area (Å²) in [5.41, 5.74) is 2.09. The van der Waals surface area contributed by atoms with Crippen LogP contribution in [0.25, 0.3) is 0 Å². The van der Waals surface area contributed by atoms with Crippen molar-refractivity contribution in [2.45, 2.75) is 12.6 Å². The summed E-state index contributed by atoms with van der Waals surface area (Å²) in [4.78, 5) is 14.6. The lowest BCUT2D eigenvalue weighted by Crippen LogP contribution is -2.49. The molecule has 1 heterocycles. The van der Waals surface area contributed by atoms with Gasteiger partial charge >= 0.3 is 0 Å². The van der Waals surface area contributed by atoms with E-state index >= 15 is 0 Å². The molecular formula is C20H25ClN2O3. The molecule has 1 atom stereocenters. The highest BCUT2D eigenvalue weighted by atomic mass is 35.5. The number of methoxy groups -OCH3 is 1. The van der Waals surface area contributed by atoms with Gasteiger partial charge in [-0.2, -0.15) is 0 Å². The zero-order chi connectivity index (χ0) is 17.5. The smallest absolute Gasteiger partial charge is 0.249 e. The lowest BCUT2D eigenvalue weighted by molar-refractivity contribution is -0.140. The standard InChI is InChI=1S/C20H24N2O3.ClH/c1-24-19-10-6-5-9-17(19)18-13-21-11-12-22(18)20(23)15-25-14-16-7-3-2-4-8-16;/h2-10,18,21H,11-15H2,1H3;1H. The maximum Gasteiger partial charge on any atom is 0.249 e. The number of carbonyl (C=O) groups is 1. The van der Waals surface area contributed by atoms with Crippen LogP contribution in [-0.2, 0) is 16.1 Å². The predicted molar refractivity (Wildman–Crippen MR) is 104 cm³/mol. The van der Waals surface area contributed by atoms with E-state index in [-0.39, 0.29) is 31.0 Å². The van der Waals surface area contributed by atoms with Gasteiger partial charge in [0.25, 0.3) is 0 Å². The Morgan fingerprint density at radius 1 is 1.15 bits per heavy atom. The number of nitrogens with one attached hydrogen (secondary N) is 1. The van der Waals surface area contributed by atoms with Crippen molar-refractivity contribution in [3.8, 4) is 5.75 Å². The Labute approximate surface area is 160 Å². The molecule has 1 fully saturated rings. The Morgan fingerprint density at radius 2 is 1.88 bits per heavy atom. The predicted octanol–water partition coefficient (Wildman–Crippen LogP) is 2.81. The summed E-state index contributed by atoms with van der Waals surface area (Å²) in [6.07, 6.45) is 0. The van der Waals surface area contributed by atoms with E-state index in [1.807, 2.05) is 59.5 Å². The van der Waals surface area contributed by atoms with E-state index in [1.54, 1.807) is 7.11 Å². The fourth-order valence-corrected chi connectivity index (χ4v) is 3.14. The van der Waals surface area contributed by atoms with Crippen LogP contribution in [0.3, 0.4) is 0 Å². The summed E-state index contributed by atoms with van der Waals surface area (Å²) in [5, 5.41) is 3.36. The van der Waals surface area contributed by atoms with E-state index in [0.29, 0.717) is 19.7 Å². The van der Waals surface area contributed by atoms with Crippen molar-refractivity contribution in [3.05, 3.63) is 65.7 Å². The topological polar surface area (TPSA) is 50.8 Å². The first-order valence-corrected chi connectivity index (χ1v) is 8.54. The van der Waals surface area contributed by atoms with Crippen LogP contribution in [-0.4, -0.2) is 44.2 Å². The Kier molecular flexibility index (Phi) is 7.91. The second-order valence-electron chi connectivity index (χ2n) is 6.03. The molecule has 0 aliphatic carbocycles. The van der Waals surface area contributed by atoms with Gasteiger partial charge in [0.2, 0.25) is 5.91 Å². The molecule has 1 saturated heterocycles. The number of piperazine rings is 1. The maximum absolute atomic E-state index is 12.7. The summed E-state index contributed by atoms with van der Waals surface area (Å²) in [6.45, 7) is 2.69. The van der Waals surface area contributed by atoms with Crippen LogP contribution in [0.5, 0.6) is 5.75 Å². The van der Waals surface area contributed by atoms with Crippen molar-refractivity contribution < 1.29 is 14.3 Å². The zero-order valence-electron chi connectivity index (χ0n) is 14.9. The minimum atomic E-state index is -0.0438. The van der Waals surface area contributed by atoms with E-state index in [0.717, 1.165) is 23.4 Å². The van der Waals surface area contributed by atoms with Gasteiger partial charge in [0.05, 0.1) is 19.8 Å². The molecule has 1 aliphatic heterocycles. The molecule has 0 bridgehead atoms. The molecule has 26 heavy (non-hydrogen) atoms. The Morgan fingerprint density at radius 3 is 2.65 bits per heavy atom. The third kappa shape index (κ3) is 4.97. The minimum Gasteiger partial charge on any atom is -0.496 e. The molecule has 5 nitrogen and oxygen atoms in total. The third-order valence-corrected chi connectivity index (χ3v) is 4.40. The summed E-state index contributed by atoms with van der Waals surface area (Å²) < 4.78 is 11.1. The average molecular weight is 377 g/mol. The molecule has 0 saturated carbocycles. The minimum absolute atomic E-state index is 0. The number of rotatable bonds is 6. The van der Waals surface area contributed by atoms with Gasteiger partial charge < -0.3 is 19.7 Å². The van der Waals surface area contributed by atoms with Crippen LogP contribution in [0.4, 0.5) is 0 Å². The highest BCUT2D eigenvalue weighted by Gasteiger charge is 2.29. The monoisotopic (exact) mass is 376 g/mol. The molecule has 2 aromatic rings. The Hall–Kier alpha value is -2.08. The molecule has 1 N–H and O–H groups in total. The number of hydrogen-bond acceptors (Lipinski definition) is 4. The molecule has 1 amide bonds. The zero-order valence-corrected chi connectivity index (χ0v) is 15.7. The van der Waals surface area contributed by atoms with E-state index in [2.05, 4.69) is 5.32 Å². The average Bonchev–Trinajstić information content (AvgIpc) is 2.68. The second kappa shape index (κ2) is 10.2. The SMILES string of the molecule is COc1ccccc1C1CNCCN1C(=O)COCc1ccccc1.Cl. The first kappa shape index (κ1) is 20.2. The van der Waals surface area contributed by atoms with E-state index in [9.17, 15) is 4.79 Å². The first-order chi connectivity index (χ1) is 12.3. The molecule has 6 heteroatoms. The van der Waals surface area contributed by atoms with Crippen molar-refractivity contribution in [1.29, 1.82) is 0 Å². The highest BCUT2D eigenvalue weighted by molar-refractivity contribution is 5.85.